The fourth-order valence-electron chi connectivity index (χ4n) is 2.09. The summed E-state index contributed by atoms with van der Waals surface area (Å²) in [4.78, 5) is 12.0. The minimum absolute atomic E-state index is 0.0956. The molecule has 1 aromatic heterocycles. The average molecular weight is 316 g/mol. The van der Waals surface area contributed by atoms with E-state index in [2.05, 4.69) is 15.5 Å². The van der Waals surface area contributed by atoms with Crippen LogP contribution in [0, 0.1) is 0 Å². The topological polar surface area (TPSA) is 127 Å². The molecule has 1 heterocycles. The van der Waals surface area contributed by atoms with Crippen LogP contribution in [0.5, 0.6) is 0 Å². The van der Waals surface area contributed by atoms with E-state index in [1.54, 1.807) is 7.11 Å². The van der Waals surface area contributed by atoms with E-state index in [0.717, 1.165) is 12.8 Å². The van der Waals surface area contributed by atoms with Crippen LogP contribution in [0.4, 0.5) is 0 Å². The molecular weight excluding hydrogens is 296 g/mol. The van der Waals surface area contributed by atoms with E-state index < -0.39 is 15.9 Å². The van der Waals surface area contributed by atoms with Gasteiger partial charge >= 0.3 is 0 Å². The zero-order valence-electron chi connectivity index (χ0n) is 12.0. The van der Waals surface area contributed by atoms with E-state index in [4.69, 9.17) is 9.88 Å². The number of methoxy groups -OCH3 is 1. The summed E-state index contributed by atoms with van der Waals surface area (Å²) in [5.74, 6) is -0.455. The van der Waals surface area contributed by atoms with E-state index in [-0.39, 0.29) is 22.5 Å². The highest BCUT2D eigenvalue weighted by Gasteiger charge is 2.36. The standard InChI is InChI=1S/C12H20N4O4S/c1-7(5-6-20-2)14-12(17)10-11(21(13,18)19)9(15-16-10)8-3-4-8/h7-8H,3-6H2,1-2H3,(H,14,17)(H,15,16)(H2,13,18,19). The second-order valence-electron chi connectivity index (χ2n) is 5.29. The molecule has 1 atom stereocenters. The van der Waals surface area contributed by atoms with Crippen molar-refractivity contribution in [2.24, 2.45) is 5.14 Å². The summed E-state index contributed by atoms with van der Waals surface area (Å²) >= 11 is 0. The number of primary sulfonamides is 1. The number of H-pyrrole nitrogens is 1. The maximum atomic E-state index is 12.2. The molecule has 1 aliphatic carbocycles. The molecule has 1 unspecified atom stereocenters. The first-order valence-corrected chi connectivity index (χ1v) is 8.30. The minimum Gasteiger partial charge on any atom is -0.385 e. The van der Waals surface area contributed by atoms with Crippen LogP contribution >= 0.6 is 0 Å². The molecule has 1 aliphatic rings. The Hall–Kier alpha value is -1.45. The zero-order chi connectivity index (χ0) is 15.6. The third-order valence-corrected chi connectivity index (χ3v) is 4.35. The van der Waals surface area contributed by atoms with Crippen LogP contribution in [0.1, 0.15) is 48.3 Å². The first-order chi connectivity index (χ1) is 9.84. The summed E-state index contributed by atoms with van der Waals surface area (Å²) in [6, 6.07) is -0.160. The molecule has 2 rings (SSSR count). The Morgan fingerprint density at radius 3 is 2.76 bits per heavy atom. The van der Waals surface area contributed by atoms with Gasteiger partial charge < -0.3 is 10.1 Å². The lowest BCUT2D eigenvalue weighted by Crippen LogP contribution is -2.34. The van der Waals surface area contributed by atoms with Crippen LogP contribution < -0.4 is 10.5 Å². The molecule has 1 aromatic rings. The average Bonchev–Trinajstić information content (AvgIpc) is 3.13. The van der Waals surface area contributed by atoms with Crippen molar-refractivity contribution in [3.8, 4) is 0 Å². The number of carbonyl (C=O) groups is 1. The summed E-state index contributed by atoms with van der Waals surface area (Å²) < 4.78 is 28.4. The van der Waals surface area contributed by atoms with Crippen LogP contribution in [-0.2, 0) is 14.8 Å². The van der Waals surface area contributed by atoms with Crippen LogP contribution in [0.25, 0.3) is 0 Å². The Morgan fingerprint density at radius 1 is 1.57 bits per heavy atom. The van der Waals surface area contributed by atoms with E-state index in [1.807, 2.05) is 6.92 Å². The zero-order valence-corrected chi connectivity index (χ0v) is 12.9. The summed E-state index contributed by atoms with van der Waals surface area (Å²) in [5.41, 5.74) is 0.274. The van der Waals surface area contributed by atoms with Crippen molar-refractivity contribution >= 4 is 15.9 Å². The Bertz CT molecular complexity index is 621. The highest BCUT2D eigenvalue weighted by Crippen LogP contribution is 2.42. The van der Waals surface area contributed by atoms with E-state index in [9.17, 15) is 13.2 Å². The fraction of sp³-hybridized carbons (Fsp3) is 0.667. The van der Waals surface area contributed by atoms with Crippen molar-refractivity contribution < 1.29 is 17.9 Å². The van der Waals surface area contributed by atoms with Crippen LogP contribution in [-0.4, -0.2) is 44.3 Å². The number of nitrogens with one attached hydrogen (secondary N) is 2. The first-order valence-electron chi connectivity index (χ1n) is 6.75. The van der Waals surface area contributed by atoms with Gasteiger partial charge in [-0.1, -0.05) is 0 Å². The SMILES string of the molecule is COCCC(C)NC(=O)c1n[nH]c(C2CC2)c1S(N)(=O)=O. The smallest absolute Gasteiger partial charge is 0.273 e. The normalized spacial score (nSPS) is 16.7. The van der Waals surface area contributed by atoms with Gasteiger partial charge in [-0.3, -0.25) is 9.89 Å². The van der Waals surface area contributed by atoms with Gasteiger partial charge in [0.2, 0.25) is 10.0 Å². The quantitative estimate of drug-likeness (QED) is 0.657. The number of hydrogen-bond donors (Lipinski definition) is 3. The Balaban J connectivity index is 2.21. The predicted molar refractivity (Wildman–Crippen MR) is 75.4 cm³/mol. The summed E-state index contributed by atoms with van der Waals surface area (Å²) in [7, 11) is -2.43. The molecule has 0 saturated heterocycles. The third-order valence-electron chi connectivity index (χ3n) is 3.37. The molecule has 0 aliphatic heterocycles. The van der Waals surface area contributed by atoms with Gasteiger partial charge in [-0.05, 0) is 26.2 Å². The molecule has 0 bridgehead atoms. The van der Waals surface area contributed by atoms with Crippen LogP contribution in [0.15, 0.2) is 4.90 Å². The lowest BCUT2D eigenvalue weighted by atomic mass is 10.2. The van der Waals surface area contributed by atoms with E-state index in [0.29, 0.717) is 18.7 Å². The molecular formula is C12H20N4O4S. The molecule has 8 nitrogen and oxygen atoms in total. The molecule has 1 fully saturated rings. The predicted octanol–water partition coefficient (Wildman–Crippen LogP) is 0.0893. The number of sulfonamides is 1. The molecule has 118 valence electrons. The summed E-state index contributed by atoms with van der Waals surface area (Å²) in [5, 5.41) is 14.4. The van der Waals surface area contributed by atoms with Crippen molar-refractivity contribution in [3.05, 3.63) is 11.4 Å². The molecule has 0 aromatic carbocycles. The number of hydrogen-bond acceptors (Lipinski definition) is 5. The number of nitrogens with zero attached hydrogens (tertiary/aromatic N) is 1. The highest BCUT2D eigenvalue weighted by atomic mass is 32.2. The summed E-state index contributed by atoms with van der Waals surface area (Å²) in [6.45, 7) is 2.30. The van der Waals surface area contributed by atoms with Crippen molar-refractivity contribution in [1.29, 1.82) is 0 Å². The molecule has 0 radical (unpaired) electrons. The fourth-order valence-corrected chi connectivity index (χ4v) is 3.02. The molecule has 9 heteroatoms. The number of nitrogens with two attached hydrogens (primary N) is 1. The van der Waals surface area contributed by atoms with Gasteiger partial charge in [0.25, 0.3) is 5.91 Å². The van der Waals surface area contributed by atoms with Crippen LogP contribution in [0.3, 0.4) is 0 Å². The van der Waals surface area contributed by atoms with Gasteiger partial charge in [-0.25, -0.2) is 13.6 Å². The number of amides is 1. The van der Waals surface area contributed by atoms with Crippen molar-refractivity contribution in [3.63, 3.8) is 0 Å². The molecule has 4 N–H and O–H groups in total. The number of rotatable bonds is 7. The number of ether oxygens (including phenoxy) is 1. The summed E-state index contributed by atoms with van der Waals surface area (Å²) in [6.07, 6.45) is 2.36. The largest absolute Gasteiger partial charge is 0.385 e. The molecule has 21 heavy (non-hydrogen) atoms. The molecule has 1 amide bonds. The van der Waals surface area contributed by atoms with Gasteiger partial charge in [0.1, 0.15) is 4.90 Å². The lowest BCUT2D eigenvalue weighted by Gasteiger charge is -2.12. The number of carbonyl (C=O) groups excluding carboxylic acids is 1. The van der Waals surface area contributed by atoms with Crippen molar-refractivity contribution in [2.75, 3.05) is 13.7 Å². The second kappa shape index (κ2) is 6.12. The maximum Gasteiger partial charge on any atom is 0.273 e. The van der Waals surface area contributed by atoms with Gasteiger partial charge in [0.15, 0.2) is 5.69 Å². The highest BCUT2D eigenvalue weighted by molar-refractivity contribution is 7.89. The third kappa shape index (κ3) is 3.80. The second-order valence-corrected chi connectivity index (χ2v) is 6.79. The Kier molecular flexibility index (Phi) is 4.64. The van der Waals surface area contributed by atoms with Crippen LogP contribution in [0.2, 0.25) is 0 Å². The number of aromatic nitrogens is 2. The monoisotopic (exact) mass is 316 g/mol. The van der Waals surface area contributed by atoms with Crippen molar-refractivity contribution in [1.82, 2.24) is 15.5 Å². The van der Waals surface area contributed by atoms with Crippen molar-refractivity contribution in [2.45, 2.75) is 43.0 Å². The van der Waals surface area contributed by atoms with Gasteiger partial charge in [-0.15, -0.1) is 0 Å². The first kappa shape index (κ1) is 15.9. The Morgan fingerprint density at radius 2 is 2.24 bits per heavy atom. The van der Waals surface area contributed by atoms with Gasteiger partial charge in [-0.2, -0.15) is 5.10 Å². The molecule has 1 saturated carbocycles. The Labute approximate surface area is 123 Å². The molecule has 0 spiro atoms. The maximum absolute atomic E-state index is 12.2. The lowest BCUT2D eigenvalue weighted by molar-refractivity contribution is 0.0921. The van der Waals surface area contributed by atoms with Gasteiger partial charge in [0.05, 0.1) is 5.69 Å². The van der Waals surface area contributed by atoms with E-state index >= 15 is 0 Å². The number of aromatic amines is 1. The van der Waals surface area contributed by atoms with E-state index in [1.165, 1.54) is 0 Å². The van der Waals surface area contributed by atoms with Gasteiger partial charge in [0, 0.05) is 25.7 Å². The minimum atomic E-state index is -4.00.